The van der Waals surface area contributed by atoms with Gasteiger partial charge < -0.3 is 15.8 Å². The van der Waals surface area contributed by atoms with Crippen molar-refractivity contribution in [2.75, 3.05) is 19.0 Å². The summed E-state index contributed by atoms with van der Waals surface area (Å²) in [6, 6.07) is 8.14. The number of ether oxygens (including phenoxy) is 1. The Morgan fingerprint density at radius 1 is 1.16 bits per heavy atom. The Labute approximate surface area is 116 Å². The predicted molar refractivity (Wildman–Crippen MR) is 80.7 cm³/mol. The van der Waals surface area contributed by atoms with E-state index in [1.165, 1.54) is 44.9 Å². The molecule has 0 aromatic heterocycles. The van der Waals surface area contributed by atoms with E-state index in [0.29, 0.717) is 6.54 Å². The molecule has 0 saturated heterocycles. The normalized spacial score (nSPS) is 19.3. The number of rotatable bonds is 4. The van der Waals surface area contributed by atoms with Crippen LogP contribution in [0, 0.1) is 0 Å². The minimum Gasteiger partial charge on any atom is -0.497 e. The summed E-state index contributed by atoms with van der Waals surface area (Å²) in [5, 5.41) is 3.68. The van der Waals surface area contributed by atoms with E-state index in [9.17, 15) is 0 Å². The molecule has 1 aromatic rings. The van der Waals surface area contributed by atoms with Crippen LogP contribution in [0.25, 0.3) is 0 Å². The minimum absolute atomic E-state index is 0.0623. The number of hydrogen-bond donors (Lipinski definition) is 2. The molecule has 0 heterocycles. The highest BCUT2D eigenvalue weighted by Crippen LogP contribution is 2.30. The van der Waals surface area contributed by atoms with Gasteiger partial charge in [-0.15, -0.1) is 0 Å². The van der Waals surface area contributed by atoms with Crippen molar-refractivity contribution in [3.8, 4) is 5.75 Å². The van der Waals surface area contributed by atoms with E-state index < -0.39 is 0 Å². The van der Waals surface area contributed by atoms with Gasteiger partial charge in [0.25, 0.3) is 0 Å². The predicted octanol–water partition coefficient (Wildman–Crippen LogP) is 3.55. The highest BCUT2D eigenvalue weighted by atomic mass is 16.5. The number of hydrogen-bond acceptors (Lipinski definition) is 3. The average molecular weight is 262 g/mol. The van der Waals surface area contributed by atoms with E-state index in [1.807, 2.05) is 12.1 Å². The van der Waals surface area contributed by atoms with Gasteiger partial charge in [-0.25, -0.2) is 0 Å². The average Bonchev–Trinajstić information content (AvgIpc) is 2.42. The lowest BCUT2D eigenvalue weighted by molar-refractivity contribution is 0.350. The summed E-state index contributed by atoms with van der Waals surface area (Å²) in [5.74, 6) is 0.892. The Hall–Kier alpha value is -1.22. The summed E-state index contributed by atoms with van der Waals surface area (Å²) in [6.07, 6.45) is 8.92. The molecule has 1 saturated carbocycles. The second-order valence-electron chi connectivity index (χ2n) is 5.61. The van der Waals surface area contributed by atoms with E-state index in [-0.39, 0.29) is 5.54 Å². The molecule has 0 radical (unpaired) electrons. The van der Waals surface area contributed by atoms with Crippen molar-refractivity contribution in [2.45, 2.75) is 50.5 Å². The Morgan fingerprint density at radius 2 is 1.84 bits per heavy atom. The van der Waals surface area contributed by atoms with Crippen LogP contribution in [0.1, 0.15) is 44.9 Å². The molecule has 2 rings (SSSR count). The van der Waals surface area contributed by atoms with E-state index in [1.54, 1.807) is 7.11 Å². The second kappa shape index (κ2) is 6.80. The zero-order chi connectivity index (χ0) is 13.6. The fourth-order valence-electron chi connectivity index (χ4n) is 2.97. The smallest absolute Gasteiger partial charge is 0.120 e. The first-order chi connectivity index (χ1) is 9.28. The molecule has 19 heavy (non-hydrogen) atoms. The largest absolute Gasteiger partial charge is 0.497 e. The highest BCUT2D eigenvalue weighted by Gasteiger charge is 2.28. The summed E-state index contributed by atoms with van der Waals surface area (Å²) in [5.41, 5.74) is 7.26. The third-order valence-electron chi connectivity index (χ3n) is 4.18. The summed E-state index contributed by atoms with van der Waals surface area (Å²) in [4.78, 5) is 0. The number of nitrogens with one attached hydrogen (secondary N) is 1. The molecule has 3 heteroatoms. The lowest BCUT2D eigenvalue weighted by Crippen LogP contribution is -2.46. The standard InChI is InChI=1S/C16H26N2O/c1-19-15-9-7-8-14(12-15)18-16(13-17)10-5-3-2-4-6-11-16/h7-9,12,18H,2-6,10-11,13,17H2,1H3. The Morgan fingerprint density at radius 3 is 2.47 bits per heavy atom. The van der Waals surface area contributed by atoms with Gasteiger partial charge in [0.05, 0.1) is 7.11 Å². The van der Waals surface area contributed by atoms with Gasteiger partial charge in [0, 0.05) is 23.8 Å². The van der Waals surface area contributed by atoms with Crippen LogP contribution in [0.4, 0.5) is 5.69 Å². The summed E-state index contributed by atoms with van der Waals surface area (Å²) >= 11 is 0. The van der Waals surface area contributed by atoms with Crippen molar-refractivity contribution in [1.82, 2.24) is 0 Å². The maximum absolute atomic E-state index is 6.08. The van der Waals surface area contributed by atoms with Crippen molar-refractivity contribution < 1.29 is 4.74 Å². The third kappa shape index (κ3) is 3.87. The molecule has 0 bridgehead atoms. The Bertz CT molecular complexity index is 384. The zero-order valence-electron chi connectivity index (χ0n) is 12.0. The first kappa shape index (κ1) is 14.2. The number of nitrogens with two attached hydrogens (primary N) is 1. The van der Waals surface area contributed by atoms with Crippen molar-refractivity contribution in [3.05, 3.63) is 24.3 Å². The van der Waals surface area contributed by atoms with E-state index >= 15 is 0 Å². The van der Waals surface area contributed by atoms with Crippen LogP contribution in [0.2, 0.25) is 0 Å². The maximum atomic E-state index is 6.08. The molecule has 1 fully saturated rings. The lowest BCUT2D eigenvalue weighted by atomic mass is 9.83. The van der Waals surface area contributed by atoms with Gasteiger partial charge in [0.1, 0.15) is 5.75 Å². The van der Waals surface area contributed by atoms with Crippen molar-refractivity contribution in [3.63, 3.8) is 0 Å². The Balaban J connectivity index is 2.10. The molecule has 1 aliphatic rings. The molecule has 0 aliphatic heterocycles. The monoisotopic (exact) mass is 262 g/mol. The molecule has 1 aromatic carbocycles. The van der Waals surface area contributed by atoms with Gasteiger partial charge in [-0.3, -0.25) is 0 Å². The van der Waals surface area contributed by atoms with Crippen LogP contribution >= 0.6 is 0 Å². The molecule has 106 valence electrons. The lowest BCUT2D eigenvalue weighted by Gasteiger charge is -2.36. The van der Waals surface area contributed by atoms with Crippen LogP contribution in [-0.4, -0.2) is 19.2 Å². The van der Waals surface area contributed by atoms with Crippen molar-refractivity contribution in [2.24, 2.45) is 5.73 Å². The number of benzene rings is 1. The topological polar surface area (TPSA) is 47.3 Å². The van der Waals surface area contributed by atoms with Crippen molar-refractivity contribution >= 4 is 5.69 Å². The minimum atomic E-state index is 0.0623. The molecule has 3 N–H and O–H groups in total. The van der Waals surface area contributed by atoms with Gasteiger partial charge in [-0.05, 0) is 25.0 Å². The highest BCUT2D eigenvalue weighted by molar-refractivity contribution is 5.50. The molecule has 0 amide bonds. The van der Waals surface area contributed by atoms with E-state index in [4.69, 9.17) is 10.5 Å². The summed E-state index contributed by atoms with van der Waals surface area (Å²) in [6.45, 7) is 0.699. The quantitative estimate of drug-likeness (QED) is 0.872. The van der Waals surface area contributed by atoms with Crippen LogP contribution < -0.4 is 15.8 Å². The van der Waals surface area contributed by atoms with Gasteiger partial charge in [0.15, 0.2) is 0 Å². The van der Waals surface area contributed by atoms with Crippen LogP contribution in [0.3, 0.4) is 0 Å². The molecule has 0 atom stereocenters. The molecule has 0 spiro atoms. The fraction of sp³-hybridized carbons (Fsp3) is 0.625. The first-order valence-corrected chi connectivity index (χ1v) is 7.40. The van der Waals surface area contributed by atoms with Crippen LogP contribution in [-0.2, 0) is 0 Å². The van der Waals surface area contributed by atoms with E-state index in [2.05, 4.69) is 17.4 Å². The van der Waals surface area contributed by atoms with Gasteiger partial charge in [0.2, 0.25) is 0 Å². The van der Waals surface area contributed by atoms with E-state index in [0.717, 1.165) is 11.4 Å². The molecular formula is C16H26N2O. The van der Waals surface area contributed by atoms with Crippen molar-refractivity contribution in [1.29, 1.82) is 0 Å². The third-order valence-corrected chi connectivity index (χ3v) is 4.18. The van der Waals surface area contributed by atoms with Gasteiger partial charge >= 0.3 is 0 Å². The fourth-order valence-corrected chi connectivity index (χ4v) is 2.97. The van der Waals surface area contributed by atoms with Gasteiger partial charge in [-0.2, -0.15) is 0 Å². The molecular weight excluding hydrogens is 236 g/mol. The number of anilines is 1. The first-order valence-electron chi connectivity index (χ1n) is 7.40. The van der Waals surface area contributed by atoms with Crippen LogP contribution in [0.5, 0.6) is 5.75 Å². The molecule has 3 nitrogen and oxygen atoms in total. The number of methoxy groups -OCH3 is 1. The van der Waals surface area contributed by atoms with Crippen LogP contribution in [0.15, 0.2) is 24.3 Å². The summed E-state index contributed by atoms with van der Waals surface area (Å²) < 4.78 is 5.28. The molecule has 1 aliphatic carbocycles. The summed E-state index contributed by atoms with van der Waals surface area (Å²) in [7, 11) is 1.70. The SMILES string of the molecule is COc1cccc(NC2(CN)CCCCCCC2)c1. The maximum Gasteiger partial charge on any atom is 0.120 e. The van der Waals surface area contributed by atoms with Gasteiger partial charge in [-0.1, -0.05) is 38.2 Å². The second-order valence-corrected chi connectivity index (χ2v) is 5.61. The molecule has 0 unspecified atom stereocenters. The Kier molecular flexibility index (Phi) is 5.08. The zero-order valence-corrected chi connectivity index (χ0v) is 12.0.